The van der Waals surface area contributed by atoms with Crippen LogP contribution in [0.3, 0.4) is 0 Å². The highest BCUT2D eigenvalue weighted by atomic mass is 19.3. The number of hydrogen-bond acceptors (Lipinski definition) is 3. The molecule has 0 spiro atoms. The fourth-order valence-electron chi connectivity index (χ4n) is 1.37. The van der Waals surface area contributed by atoms with Crippen molar-refractivity contribution in [2.75, 3.05) is 11.9 Å². The van der Waals surface area contributed by atoms with E-state index in [4.69, 9.17) is 5.11 Å². The molecule has 0 aromatic heterocycles. The van der Waals surface area contributed by atoms with Crippen molar-refractivity contribution >= 4 is 17.7 Å². The number of urea groups is 1. The molecule has 20 heavy (non-hydrogen) atoms. The topological polar surface area (TPSA) is 87.7 Å². The van der Waals surface area contributed by atoms with E-state index in [1.165, 1.54) is 24.3 Å². The maximum Gasteiger partial charge on any atom is 0.387 e. The number of amides is 2. The molecule has 0 aliphatic rings. The van der Waals surface area contributed by atoms with Gasteiger partial charge in [0.05, 0.1) is 0 Å². The van der Waals surface area contributed by atoms with Gasteiger partial charge in [0.2, 0.25) is 0 Å². The Balaban J connectivity index is 2.39. The summed E-state index contributed by atoms with van der Waals surface area (Å²) in [6, 6.07) is 5.00. The quantitative estimate of drug-likeness (QED) is 0.672. The van der Waals surface area contributed by atoms with E-state index in [1.54, 1.807) is 0 Å². The van der Waals surface area contributed by atoms with Gasteiger partial charge in [0.15, 0.2) is 0 Å². The summed E-state index contributed by atoms with van der Waals surface area (Å²) in [6.45, 7) is -2.74. The van der Waals surface area contributed by atoms with Crippen LogP contribution < -0.4 is 15.4 Å². The van der Waals surface area contributed by atoms with Crippen LogP contribution in [-0.4, -0.2) is 30.3 Å². The van der Waals surface area contributed by atoms with Crippen LogP contribution in [0.1, 0.15) is 12.8 Å². The smallest absolute Gasteiger partial charge is 0.387 e. The van der Waals surface area contributed by atoms with Crippen molar-refractivity contribution in [3.05, 3.63) is 24.3 Å². The fraction of sp³-hybridized carbons (Fsp3) is 0.333. The van der Waals surface area contributed by atoms with E-state index in [9.17, 15) is 18.4 Å². The second-order valence-electron chi connectivity index (χ2n) is 3.78. The van der Waals surface area contributed by atoms with Gasteiger partial charge in [-0.25, -0.2) is 4.79 Å². The third kappa shape index (κ3) is 6.53. The van der Waals surface area contributed by atoms with Crippen LogP contribution in [-0.2, 0) is 4.79 Å². The highest BCUT2D eigenvalue weighted by molar-refractivity contribution is 5.89. The first kappa shape index (κ1) is 15.7. The Morgan fingerprint density at radius 3 is 2.75 bits per heavy atom. The Labute approximate surface area is 113 Å². The van der Waals surface area contributed by atoms with Gasteiger partial charge >= 0.3 is 18.6 Å². The van der Waals surface area contributed by atoms with Crippen LogP contribution in [0.25, 0.3) is 0 Å². The second-order valence-corrected chi connectivity index (χ2v) is 3.78. The molecule has 0 bridgehead atoms. The number of carbonyl (C=O) groups excluding carboxylic acids is 1. The highest BCUT2D eigenvalue weighted by Gasteiger charge is 2.06. The van der Waals surface area contributed by atoms with Crippen molar-refractivity contribution < 1.29 is 28.2 Å². The number of carboxylic acid groups (broad SMARTS) is 1. The first-order valence-corrected chi connectivity index (χ1v) is 5.79. The van der Waals surface area contributed by atoms with Gasteiger partial charge in [-0.1, -0.05) is 6.07 Å². The van der Waals surface area contributed by atoms with Crippen LogP contribution in [0.2, 0.25) is 0 Å². The summed E-state index contributed by atoms with van der Waals surface area (Å²) in [4.78, 5) is 21.7. The molecular formula is C12H14F2N2O4. The van der Waals surface area contributed by atoms with E-state index in [-0.39, 0.29) is 18.7 Å². The fourth-order valence-corrected chi connectivity index (χ4v) is 1.37. The number of nitrogens with one attached hydrogen (secondary N) is 2. The maximum absolute atomic E-state index is 12.0. The summed E-state index contributed by atoms with van der Waals surface area (Å²) in [7, 11) is 0. The zero-order valence-corrected chi connectivity index (χ0v) is 10.4. The Morgan fingerprint density at radius 2 is 2.10 bits per heavy atom. The minimum absolute atomic E-state index is 0.0437. The standard InChI is InChI=1S/C12H14F2N2O4/c13-11(14)20-9-4-1-3-8(7-9)16-12(19)15-6-2-5-10(17)18/h1,3-4,7,11H,2,5-6H2,(H,17,18)(H2,15,16,19). The predicted octanol–water partition coefficient (Wildman–Crippen LogP) is 2.27. The van der Waals surface area contributed by atoms with Crippen molar-refractivity contribution in [1.82, 2.24) is 5.32 Å². The van der Waals surface area contributed by atoms with Gasteiger partial charge in [-0.15, -0.1) is 0 Å². The number of carboxylic acids is 1. The lowest BCUT2D eigenvalue weighted by Crippen LogP contribution is -2.29. The molecule has 0 aliphatic carbocycles. The Morgan fingerprint density at radius 1 is 1.35 bits per heavy atom. The predicted molar refractivity (Wildman–Crippen MR) is 67.0 cm³/mol. The summed E-state index contributed by atoms with van der Waals surface area (Å²) < 4.78 is 28.2. The SMILES string of the molecule is O=C(O)CCCNC(=O)Nc1cccc(OC(F)F)c1. The largest absolute Gasteiger partial charge is 0.481 e. The molecule has 1 aromatic carbocycles. The number of ether oxygens (including phenoxy) is 1. The van der Waals surface area contributed by atoms with Crippen LogP contribution in [0, 0.1) is 0 Å². The third-order valence-electron chi connectivity index (χ3n) is 2.17. The van der Waals surface area contributed by atoms with Crippen molar-refractivity contribution in [3.63, 3.8) is 0 Å². The van der Waals surface area contributed by atoms with E-state index < -0.39 is 18.6 Å². The normalized spacial score (nSPS) is 10.2. The van der Waals surface area contributed by atoms with Gasteiger partial charge in [0.25, 0.3) is 0 Å². The molecule has 0 saturated carbocycles. The van der Waals surface area contributed by atoms with E-state index >= 15 is 0 Å². The number of anilines is 1. The zero-order valence-electron chi connectivity index (χ0n) is 10.4. The van der Waals surface area contributed by atoms with Crippen LogP contribution >= 0.6 is 0 Å². The van der Waals surface area contributed by atoms with Gasteiger partial charge in [-0.2, -0.15) is 8.78 Å². The number of hydrogen-bond donors (Lipinski definition) is 3. The molecule has 110 valence electrons. The summed E-state index contributed by atoms with van der Waals surface area (Å²) >= 11 is 0. The molecule has 0 radical (unpaired) electrons. The first-order chi connectivity index (χ1) is 9.47. The average molecular weight is 288 g/mol. The van der Waals surface area contributed by atoms with Crippen LogP contribution in [0.4, 0.5) is 19.3 Å². The minimum atomic E-state index is -2.94. The Kier molecular flexibility index (Phi) is 6.21. The van der Waals surface area contributed by atoms with Crippen LogP contribution in [0.5, 0.6) is 5.75 Å². The lowest BCUT2D eigenvalue weighted by atomic mass is 10.3. The van der Waals surface area contributed by atoms with E-state index in [0.29, 0.717) is 12.1 Å². The molecule has 6 nitrogen and oxygen atoms in total. The number of benzene rings is 1. The average Bonchev–Trinajstić information content (AvgIpc) is 2.34. The number of aliphatic carboxylic acids is 1. The second kappa shape index (κ2) is 7.93. The molecule has 0 atom stereocenters. The van der Waals surface area contributed by atoms with Gasteiger partial charge in [-0.3, -0.25) is 4.79 Å². The monoisotopic (exact) mass is 288 g/mol. The number of carbonyl (C=O) groups is 2. The Bertz CT molecular complexity index is 469. The molecule has 0 unspecified atom stereocenters. The molecular weight excluding hydrogens is 274 g/mol. The summed E-state index contributed by atoms with van der Waals surface area (Å²) in [5, 5.41) is 13.3. The van der Waals surface area contributed by atoms with Crippen molar-refractivity contribution in [2.24, 2.45) is 0 Å². The first-order valence-electron chi connectivity index (χ1n) is 5.79. The molecule has 0 aliphatic heterocycles. The number of halogens is 2. The van der Waals surface area contributed by atoms with Gasteiger partial charge in [0, 0.05) is 24.7 Å². The maximum atomic E-state index is 12.0. The summed E-state index contributed by atoms with van der Waals surface area (Å²) in [5.41, 5.74) is 0.291. The van der Waals surface area contributed by atoms with Crippen molar-refractivity contribution in [3.8, 4) is 5.75 Å². The molecule has 0 heterocycles. The van der Waals surface area contributed by atoms with E-state index in [0.717, 1.165) is 0 Å². The van der Waals surface area contributed by atoms with Crippen molar-refractivity contribution in [2.45, 2.75) is 19.5 Å². The third-order valence-corrected chi connectivity index (χ3v) is 2.17. The van der Waals surface area contributed by atoms with Gasteiger partial charge < -0.3 is 20.5 Å². The molecule has 0 saturated heterocycles. The van der Waals surface area contributed by atoms with Gasteiger partial charge in [-0.05, 0) is 18.6 Å². The molecule has 8 heteroatoms. The van der Waals surface area contributed by atoms with E-state index in [1.807, 2.05) is 0 Å². The summed E-state index contributed by atoms with van der Waals surface area (Å²) in [5.74, 6) is -1.01. The van der Waals surface area contributed by atoms with Crippen LogP contribution in [0.15, 0.2) is 24.3 Å². The lowest BCUT2D eigenvalue weighted by molar-refractivity contribution is -0.137. The van der Waals surface area contributed by atoms with Crippen molar-refractivity contribution in [1.29, 1.82) is 0 Å². The number of alkyl halides is 2. The van der Waals surface area contributed by atoms with E-state index in [2.05, 4.69) is 15.4 Å². The van der Waals surface area contributed by atoms with Gasteiger partial charge in [0.1, 0.15) is 5.75 Å². The molecule has 0 fully saturated rings. The lowest BCUT2D eigenvalue weighted by Gasteiger charge is -2.09. The molecule has 1 aromatic rings. The summed E-state index contributed by atoms with van der Waals surface area (Å²) in [6.07, 6.45) is 0.259. The zero-order chi connectivity index (χ0) is 15.0. The number of rotatable bonds is 7. The molecule has 3 N–H and O–H groups in total. The Hall–Kier alpha value is -2.38. The molecule has 1 rings (SSSR count). The minimum Gasteiger partial charge on any atom is -0.481 e. The molecule has 2 amide bonds. The highest BCUT2D eigenvalue weighted by Crippen LogP contribution is 2.19.